The predicted molar refractivity (Wildman–Crippen MR) is 122 cm³/mol. The van der Waals surface area contributed by atoms with Gasteiger partial charge in [0.05, 0.1) is 26.1 Å². The molecule has 1 spiro atoms. The van der Waals surface area contributed by atoms with Crippen LogP contribution in [0.4, 0.5) is 0 Å². The maximum atomic E-state index is 13.8. The van der Waals surface area contributed by atoms with Crippen molar-refractivity contribution in [2.45, 2.75) is 24.5 Å². The summed E-state index contributed by atoms with van der Waals surface area (Å²) in [6, 6.07) is 19.7. The molecule has 0 saturated carbocycles. The molecule has 2 aromatic heterocycles. The van der Waals surface area contributed by atoms with Gasteiger partial charge < -0.3 is 14.5 Å². The quantitative estimate of drug-likeness (QED) is 0.603. The molecule has 2 saturated heterocycles. The fraction of sp³-hybridized carbons (Fsp3) is 0.320. The summed E-state index contributed by atoms with van der Waals surface area (Å²) < 4.78 is 6.29. The van der Waals surface area contributed by atoms with Gasteiger partial charge in [-0.3, -0.25) is 14.6 Å². The molecule has 7 heteroatoms. The molecule has 5 rings (SSSR count). The number of benzene rings is 1. The second-order valence-corrected chi connectivity index (χ2v) is 9.31. The monoisotopic (exact) mass is 447 g/mol. The van der Waals surface area contributed by atoms with Crippen molar-refractivity contribution in [3.05, 3.63) is 88.4 Å². The molecule has 0 aliphatic carbocycles. The van der Waals surface area contributed by atoms with Gasteiger partial charge in [0.1, 0.15) is 0 Å². The lowest BCUT2D eigenvalue weighted by atomic mass is 9.83. The fourth-order valence-corrected chi connectivity index (χ4v) is 5.44. The van der Waals surface area contributed by atoms with Gasteiger partial charge in [-0.25, -0.2) is 0 Å². The number of morpholine rings is 1. The topological polar surface area (TPSA) is 62.7 Å². The Hall–Kier alpha value is -3.03. The van der Waals surface area contributed by atoms with Crippen LogP contribution in [-0.4, -0.2) is 58.4 Å². The average molecular weight is 448 g/mol. The van der Waals surface area contributed by atoms with Crippen LogP contribution in [0.2, 0.25) is 0 Å². The van der Waals surface area contributed by atoms with E-state index in [4.69, 9.17) is 4.74 Å². The number of likely N-dealkylation sites (tertiary alicyclic amines) is 1. The van der Waals surface area contributed by atoms with E-state index < -0.39 is 5.60 Å². The van der Waals surface area contributed by atoms with Crippen molar-refractivity contribution in [3.63, 3.8) is 0 Å². The molecular formula is C25H25N3O3S. The number of hydrogen-bond donors (Lipinski definition) is 0. The van der Waals surface area contributed by atoms with Gasteiger partial charge in [0.25, 0.3) is 5.91 Å². The van der Waals surface area contributed by atoms with E-state index >= 15 is 0 Å². The summed E-state index contributed by atoms with van der Waals surface area (Å²) in [5, 5.41) is 2.02. The minimum Gasteiger partial charge on any atom is -0.361 e. The summed E-state index contributed by atoms with van der Waals surface area (Å²) in [6.07, 6.45) is 1.91. The Balaban J connectivity index is 1.43. The molecule has 2 aliphatic heterocycles. The van der Waals surface area contributed by atoms with Crippen LogP contribution in [0, 0.1) is 0 Å². The molecule has 2 amide bonds. The number of hydrogen-bond acceptors (Lipinski definition) is 5. The summed E-state index contributed by atoms with van der Waals surface area (Å²) in [4.78, 5) is 36.0. The molecule has 3 aromatic rings. The molecule has 2 fully saturated rings. The van der Waals surface area contributed by atoms with E-state index in [-0.39, 0.29) is 30.7 Å². The van der Waals surface area contributed by atoms with Gasteiger partial charge in [-0.15, -0.1) is 11.3 Å². The van der Waals surface area contributed by atoms with Gasteiger partial charge in [0.2, 0.25) is 5.91 Å². The molecule has 0 N–H and O–H groups in total. The van der Waals surface area contributed by atoms with Gasteiger partial charge >= 0.3 is 0 Å². The second kappa shape index (κ2) is 8.84. The number of nitrogens with zero attached hydrogens (tertiary/aromatic N) is 3. The molecular weight excluding hydrogens is 422 g/mol. The third-order valence-electron chi connectivity index (χ3n) is 6.30. The number of thiophene rings is 1. The van der Waals surface area contributed by atoms with E-state index in [2.05, 4.69) is 4.98 Å². The third-order valence-corrected chi connectivity index (χ3v) is 7.16. The summed E-state index contributed by atoms with van der Waals surface area (Å²) >= 11 is 1.64. The van der Waals surface area contributed by atoms with Crippen LogP contribution in [0.5, 0.6) is 0 Å². The van der Waals surface area contributed by atoms with E-state index in [1.165, 1.54) is 0 Å². The lowest BCUT2D eigenvalue weighted by Gasteiger charge is -2.42. The lowest BCUT2D eigenvalue weighted by molar-refractivity contribution is -0.167. The van der Waals surface area contributed by atoms with Crippen LogP contribution in [0.1, 0.15) is 22.1 Å². The Bertz CT molecular complexity index is 1070. The maximum absolute atomic E-state index is 13.8. The highest BCUT2D eigenvalue weighted by atomic mass is 32.1. The van der Waals surface area contributed by atoms with Crippen molar-refractivity contribution in [2.24, 2.45) is 0 Å². The van der Waals surface area contributed by atoms with Crippen molar-refractivity contribution in [1.82, 2.24) is 14.8 Å². The van der Waals surface area contributed by atoms with Crippen molar-refractivity contribution < 1.29 is 14.3 Å². The normalized spacial score (nSPS) is 23.1. The van der Waals surface area contributed by atoms with Gasteiger partial charge in [0.15, 0.2) is 5.60 Å². The molecule has 2 aliphatic rings. The van der Waals surface area contributed by atoms with Crippen molar-refractivity contribution in [1.29, 1.82) is 0 Å². The number of amides is 2. The van der Waals surface area contributed by atoms with Crippen LogP contribution in [-0.2, 0) is 27.3 Å². The van der Waals surface area contributed by atoms with Gasteiger partial charge in [-0.2, -0.15) is 0 Å². The standard InChI is InChI=1S/C25H25N3O3S/c29-23(15-20-9-4-5-11-26-20)27-12-13-31-25(18-27)22(19-7-2-1-3-8-19)17-28(24(25)30)16-21-10-6-14-32-21/h1-11,14,22H,12-13,15-18H2/t22-,25-/m1/s1. The molecule has 2 atom stereocenters. The summed E-state index contributed by atoms with van der Waals surface area (Å²) in [7, 11) is 0. The predicted octanol–water partition coefficient (Wildman–Crippen LogP) is 3.11. The first kappa shape index (κ1) is 20.8. The Kier molecular flexibility index (Phi) is 5.76. The summed E-state index contributed by atoms with van der Waals surface area (Å²) in [5.74, 6) is -0.195. The van der Waals surface area contributed by atoms with Crippen LogP contribution >= 0.6 is 11.3 Å². The smallest absolute Gasteiger partial charge is 0.257 e. The first-order valence-electron chi connectivity index (χ1n) is 10.8. The van der Waals surface area contributed by atoms with Gasteiger partial charge in [-0.05, 0) is 29.1 Å². The van der Waals surface area contributed by atoms with E-state index in [1.807, 2.05) is 70.9 Å². The van der Waals surface area contributed by atoms with Crippen LogP contribution in [0.25, 0.3) is 0 Å². The molecule has 0 radical (unpaired) electrons. The van der Waals surface area contributed by atoms with Crippen molar-refractivity contribution >= 4 is 23.2 Å². The fourth-order valence-electron chi connectivity index (χ4n) is 4.72. The first-order chi connectivity index (χ1) is 15.7. The zero-order chi connectivity index (χ0) is 22.0. The number of rotatable bonds is 5. The first-order valence-corrected chi connectivity index (χ1v) is 11.7. The van der Waals surface area contributed by atoms with Crippen LogP contribution < -0.4 is 0 Å². The molecule has 0 unspecified atom stereocenters. The molecule has 164 valence electrons. The number of carbonyl (C=O) groups excluding carboxylic acids is 2. The average Bonchev–Trinajstić information content (AvgIpc) is 3.43. The van der Waals surface area contributed by atoms with E-state index in [0.717, 1.165) is 16.1 Å². The molecule has 0 bridgehead atoms. The summed E-state index contributed by atoms with van der Waals surface area (Å²) in [5.41, 5.74) is 0.736. The zero-order valence-corrected chi connectivity index (χ0v) is 18.5. The van der Waals surface area contributed by atoms with Crippen LogP contribution in [0.3, 0.4) is 0 Å². The number of pyridine rings is 1. The Morgan fingerprint density at radius 2 is 1.97 bits per heavy atom. The van der Waals surface area contributed by atoms with Crippen molar-refractivity contribution in [3.8, 4) is 0 Å². The van der Waals surface area contributed by atoms with E-state index in [9.17, 15) is 9.59 Å². The van der Waals surface area contributed by atoms with Gasteiger partial charge in [0, 0.05) is 35.8 Å². The number of carbonyl (C=O) groups is 2. The minimum atomic E-state index is -1.06. The molecule has 32 heavy (non-hydrogen) atoms. The number of aromatic nitrogens is 1. The Morgan fingerprint density at radius 3 is 2.72 bits per heavy atom. The van der Waals surface area contributed by atoms with E-state index in [1.54, 1.807) is 22.4 Å². The minimum absolute atomic E-state index is 0.0253. The third kappa shape index (κ3) is 3.94. The largest absolute Gasteiger partial charge is 0.361 e. The second-order valence-electron chi connectivity index (χ2n) is 8.28. The maximum Gasteiger partial charge on any atom is 0.257 e. The highest BCUT2D eigenvalue weighted by Gasteiger charge is 2.58. The van der Waals surface area contributed by atoms with E-state index in [0.29, 0.717) is 26.2 Å². The van der Waals surface area contributed by atoms with Crippen LogP contribution in [0.15, 0.2) is 72.2 Å². The SMILES string of the molecule is O=C(Cc1ccccn1)N1CCO[C@@]2(C1)C(=O)N(Cc1cccs1)C[C@@H]2c1ccccc1. The Morgan fingerprint density at radius 1 is 1.12 bits per heavy atom. The Labute approximate surface area is 191 Å². The molecule has 6 nitrogen and oxygen atoms in total. The highest BCUT2D eigenvalue weighted by Crippen LogP contribution is 2.42. The van der Waals surface area contributed by atoms with Crippen molar-refractivity contribution in [2.75, 3.05) is 26.2 Å². The summed E-state index contributed by atoms with van der Waals surface area (Å²) in [6.45, 7) is 2.22. The lowest BCUT2D eigenvalue weighted by Crippen LogP contribution is -2.59. The zero-order valence-electron chi connectivity index (χ0n) is 17.7. The molecule has 1 aromatic carbocycles. The highest BCUT2D eigenvalue weighted by molar-refractivity contribution is 7.09. The van der Waals surface area contributed by atoms with Gasteiger partial charge in [-0.1, -0.05) is 42.5 Å². The molecule has 4 heterocycles. The number of ether oxygens (including phenoxy) is 1.